The lowest BCUT2D eigenvalue weighted by molar-refractivity contribution is 0.0974. The smallest absolute Gasteiger partial charge is 0.332 e. The van der Waals surface area contributed by atoms with E-state index in [0.717, 1.165) is 37.3 Å². The zero-order chi connectivity index (χ0) is 20.2. The van der Waals surface area contributed by atoms with Crippen LogP contribution in [0.5, 0.6) is 0 Å². The van der Waals surface area contributed by atoms with Crippen LogP contribution in [0.3, 0.4) is 0 Å². The predicted octanol–water partition coefficient (Wildman–Crippen LogP) is 1.99. The maximum Gasteiger partial charge on any atom is 0.332 e. The van der Waals surface area contributed by atoms with Gasteiger partial charge in [0.25, 0.3) is 5.56 Å². The van der Waals surface area contributed by atoms with E-state index >= 15 is 0 Å². The van der Waals surface area contributed by atoms with Gasteiger partial charge in [0.1, 0.15) is 0 Å². The molecule has 28 heavy (non-hydrogen) atoms. The molecule has 4 rings (SSSR count). The summed E-state index contributed by atoms with van der Waals surface area (Å²) < 4.78 is 12.7. The Morgan fingerprint density at radius 3 is 2.57 bits per heavy atom. The van der Waals surface area contributed by atoms with Crippen LogP contribution >= 0.6 is 0 Å². The second kappa shape index (κ2) is 6.92. The number of ether oxygens (including phenoxy) is 1. The summed E-state index contributed by atoms with van der Waals surface area (Å²) in [6, 6.07) is 0. The van der Waals surface area contributed by atoms with E-state index in [1.54, 1.807) is 7.05 Å². The zero-order valence-electron chi connectivity index (χ0n) is 17.4. The average molecular weight is 387 g/mol. The summed E-state index contributed by atoms with van der Waals surface area (Å²) >= 11 is 0. The van der Waals surface area contributed by atoms with E-state index in [-0.39, 0.29) is 17.4 Å². The Kier molecular flexibility index (Phi) is 4.69. The Morgan fingerprint density at radius 2 is 1.93 bits per heavy atom. The first kappa shape index (κ1) is 19.0. The minimum atomic E-state index is -0.307. The summed E-state index contributed by atoms with van der Waals surface area (Å²) in [7, 11) is 1.69. The molecule has 0 bridgehead atoms. The largest absolute Gasteiger partial charge is 0.376 e. The molecule has 8 nitrogen and oxygen atoms in total. The summed E-state index contributed by atoms with van der Waals surface area (Å²) in [5, 5.41) is 0. The topological polar surface area (TPSA) is 75.5 Å². The summed E-state index contributed by atoms with van der Waals surface area (Å²) in [4.78, 5) is 30.8. The lowest BCUT2D eigenvalue weighted by atomic mass is 10.1. The molecule has 0 saturated carbocycles. The number of hydrogen-bond donors (Lipinski definition) is 0. The number of aryl methyl sites for hydroxylation is 2. The van der Waals surface area contributed by atoms with E-state index in [4.69, 9.17) is 9.72 Å². The van der Waals surface area contributed by atoms with Crippen LogP contribution in [0.2, 0.25) is 0 Å². The Balaban J connectivity index is 1.96. The monoisotopic (exact) mass is 387 g/mol. The van der Waals surface area contributed by atoms with Gasteiger partial charge in [0, 0.05) is 31.6 Å². The molecule has 0 aliphatic carbocycles. The van der Waals surface area contributed by atoms with Gasteiger partial charge in [-0.25, -0.2) is 4.79 Å². The highest BCUT2D eigenvalue weighted by molar-refractivity contribution is 5.76. The number of imidazole rings is 2. The molecule has 3 aromatic heterocycles. The van der Waals surface area contributed by atoms with Crippen molar-refractivity contribution >= 4 is 16.9 Å². The molecule has 0 amide bonds. The number of nitrogens with zero attached hydrogens (tertiary/aromatic N) is 5. The molecule has 1 aliphatic heterocycles. The lowest BCUT2D eigenvalue weighted by Crippen LogP contribution is -2.39. The molecule has 8 heteroatoms. The second-order valence-corrected chi connectivity index (χ2v) is 8.32. The first-order chi connectivity index (χ1) is 13.3. The van der Waals surface area contributed by atoms with Crippen LogP contribution in [0.4, 0.5) is 0 Å². The first-order valence-corrected chi connectivity index (χ1v) is 10.1. The molecule has 0 radical (unpaired) electrons. The SMILES string of the molecule is Cc1c(C)n2c3c(=O)n(CCC(C)C)c(=O)n(C)c3nc2n1C[C@@H]1CCCO1. The molecule has 152 valence electrons. The van der Waals surface area contributed by atoms with E-state index in [1.165, 1.54) is 9.13 Å². The molecule has 0 unspecified atom stereocenters. The molecule has 3 aromatic rings. The van der Waals surface area contributed by atoms with Gasteiger partial charge < -0.3 is 9.30 Å². The van der Waals surface area contributed by atoms with Gasteiger partial charge in [-0.1, -0.05) is 13.8 Å². The maximum absolute atomic E-state index is 13.3. The van der Waals surface area contributed by atoms with E-state index in [2.05, 4.69) is 18.4 Å². The van der Waals surface area contributed by atoms with Gasteiger partial charge in [-0.2, -0.15) is 4.98 Å². The molecular formula is C20H29N5O3. The molecule has 1 saturated heterocycles. The molecule has 0 aromatic carbocycles. The van der Waals surface area contributed by atoms with Gasteiger partial charge in [-0.3, -0.25) is 18.3 Å². The van der Waals surface area contributed by atoms with Crippen molar-refractivity contribution in [2.45, 2.75) is 66.2 Å². The van der Waals surface area contributed by atoms with Gasteiger partial charge in [-0.05, 0) is 39.0 Å². The zero-order valence-corrected chi connectivity index (χ0v) is 17.4. The Bertz CT molecular complexity index is 1160. The predicted molar refractivity (Wildman–Crippen MR) is 108 cm³/mol. The fraction of sp³-hybridized carbons (Fsp3) is 0.650. The van der Waals surface area contributed by atoms with Crippen LogP contribution < -0.4 is 11.2 Å². The van der Waals surface area contributed by atoms with Crippen molar-refractivity contribution in [1.82, 2.24) is 23.1 Å². The fourth-order valence-corrected chi connectivity index (χ4v) is 4.11. The highest BCUT2D eigenvalue weighted by Gasteiger charge is 2.25. The van der Waals surface area contributed by atoms with Crippen molar-refractivity contribution in [3.63, 3.8) is 0 Å². The van der Waals surface area contributed by atoms with Crippen LogP contribution in [0.25, 0.3) is 16.9 Å². The van der Waals surface area contributed by atoms with E-state index < -0.39 is 0 Å². The quantitative estimate of drug-likeness (QED) is 0.671. The molecule has 0 N–H and O–H groups in total. The second-order valence-electron chi connectivity index (χ2n) is 8.32. The molecule has 0 spiro atoms. The fourth-order valence-electron chi connectivity index (χ4n) is 4.11. The number of rotatable bonds is 5. The third-order valence-electron chi connectivity index (χ3n) is 5.97. The third kappa shape index (κ3) is 2.82. The minimum absolute atomic E-state index is 0.167. The van der Waals surface area contributed by atoms with Gasteiger partial charge in [0.15, 0.2) is 11.2 Å². The van der Waals surface area contributed by atoms with E-state index in [1.807, 2.05) is 18.2 Å². The van der Waals surface area contributed by atoms with Crippen LogP contribution in [-0.2, 0) is 24.9 Å². The minimum Gasteiger partial charge on any atom is -0.376 e. The molecule has 1 fully saturated rings. The Labute approximate surface area is 163 Å². The van der Waals surface area contributed by atoms with Crippen molar-refractivity contribution in [2.75, 3.05) is 6.61 Å². The molecule has 1 aliphatic rings. The summed E-state index contributed by atoms with van der Waals surface area (Å²) in [5.41, 5.74) is 2.40. The highest BCUT2D eigenvalue weighted by atomic mass is 16.5. The Morgan fingerprint density at radius 1 is 1.18 bits per heavy atom. The van der Waals surface area contributed by atoms with Crippen molar-refractivity contribution in [2.24, 2.45) is 13.0 Å². The molecule has 1 atom stereocenters. The van der Waals surface area contributed by atoms with Gasteiger partial charge in [-0.15, -0.1) is 0 Å². The van der Waals surface area contributed by atoms with Crippen LogP contribution in [0, 0.1) is 19.8 Å². The summed E-state index contributed by atoms with van der Waals surface area (Å²) in [6.07, 6.45) is 3.05. The number of aromatic nitrogens is 5. The van der Waals surface area contributed by atoms with Crippen LogP contribution in [0.1, 0.15) is 44.5 Å². The third-order valence-corrected chi connectivity index (χ3v) is 5.97. The number of fused-ring (bicyclic) bond motifs is 3. The molecule has 4 heterocycles. The van der Waals surface area contributed by atoms with Crippen molar-refractivity contribution in [3.05, 3.63) is 32.2 Å². The highest BCUT2D eigenvalue weighted by Crippen LogP contribution is 2.23. The van der Waals surface area contributed by atoms with E-state index in [9.17, 15) is 9.59 Å². The van der Waals surface area contributed by atoms with Crippen LogP contribution in [-0.4, -0.2) is 35.8 Å². The molecular weight excluding hydrogens is 358 g/mol. The first-order valence-electron chi connectivity index (χ1n) is 10.1. The van der Waals surface area contributed by atoms with Crippen molar-refractivity contribution < 1.29 is 4.74 Å². The lowest BCUT2D eigenvalue weighted by Gasteiger charge is -2.12. The van der Waals surface area contributed by atoms with Gasteiger partial charge in [0.2, 0.25) is 5.78 Å². The van der Waals surface area contributed by atoms with Gasteiger partial charge in [0.05, 0.1) is 12.6 Å². The van der Waals surface area contributed by atoms with Crippen molar-refractivity contribution in [1.29, 1.82) is 0 Å². The summed E-state index contributed by atoms with van der Waals surface area (Å²) in [6.45, 7) is 10.1. The van der Waals surface area contributed by atoms with Gasteiger partial charge >= 0.3 is 5.69 Å². The van der Waals surface area contributed by atoms with Crippen molar-refractivity contribution in [3.8, 4) is 0 Å². The summed E-state index contributed by atoms with van der Waals surface area (Å²) in [5.74, 6) is 1.11. The average Bonchev–Trinajstić information content (AvgIpc) is 3.34. The van der Waals surface area contributed by atoms with E-state index in [0.29, 0.717) is 35.9 Å². The normalized spacial score (nSPS) is 17.6. The number of hydrogen-bond acceptors (Lipinski definition) is 4. The Hall–Kier alpha value is -2.35. The maximum atomic E-state index is 13.3. The standard InChI is InChI=1S/C20H29N5O3/c1-12(2)8-9-23-18(26)16-17(22(5)20(23)27)21-19-24(11-15-7-6-10-28-15)13(3)14(4)25(16)19/h12,15H,6-11H2,1-5H3/t15-/m0/s1. The van der Waals surface area contributed by atoms with Crippen LogP contribution in [0.15, 0.2) is 9.59 Å².